The SMILES string of the molecule is CCNC(COCC(F)(F)F)Cc1cc(Cl)ccc1F. The van der Waals surface area contributed by atoms with Crippen molar-refractivity contribution < 1.29 is 22.3 Å². The predicted octanol–water partition coefficient (Wildman–Crippen LogP) is 3.58. The number of ether oxygens (including phenoxy) is 1. The van der Waals surface area contributed by atoms with Gasteiger partial charge in [-0.3, -0.25) is 0 Å². The van der Waals surface area contributed by atoms with Crippen LogP contribution >= 0.6 is 11.6 Å². The Morgan fingerprint density at radius 2 is 2.05 bits per heavy atom. The van der Waals surface area contributed by atoms with E-state index in [1.165, 1.54) is 18.2 Å². The average Bonchev–Trinajstić information content (AvgIpc) is 2.32. The summed E-state index contributed by atoms with van der Waals surface area (Å²) >= 11 is 5.77. The van der Waals surface area contributed by atoms with Crippen LogP contribution in [0.15, 0.2) is 18.2 Å². The minimum Gasteiger partial charge on any atom is -0.370 e. The number of hydrogen-bond donors (Lipinski definition) is 1. The van der Waals surface area contributed by atoms with Crippen molar-refractivity contribution in [2.45, 2.75) is 25.6 Å². The van der Waals surface area contributed by atoms with Gasteiger partial charge in [0.1, 0.15) is 12.4 Å². The van der Waals surface area contributed by atoms with Crippen molar-refractivity contribution in [3.8, 4) is 0 Å². The second-order valence-electron chi connectivity index (χ2n) is 4.32. The third-order valence-electron chi connectivity index (χ3n) is 2.55. The van der Waals surface area contributed by atoms with Crippen molar-refractivity contribution in [3.63, 3.8) is 0 Å². The molecule has 0 bridgehead atoms. The van der Waals surface area contributed by atoms with Gasteiger partial charge in [-0.15, -0.1) is 0 Å². The Labute approximate surface area is 120 Å². The smallest absolute Gasteiger partial charge is 0.370 e. The number of alkyl halides is 3. The fraction of sp³-hybridized carbons (Fsp3) is 0.538. The van der Waals surface area contributed by atoms with Crippen molar-refractivity contribution in [1.29, 1.82) is 0 Å². The molecule has 0 amide bonds. The van der Waals surface area contributed by atoms with Crippen LogP contribution in [-0.4, -0.2) is 32.0 Å². The number of benzene rings is 1. The zero-order valence-corrected chi connectivity index (χ0v) is 11.7. The summed E-state index contributed by atoms with van der Waals surface area (Å²) in [7, 11) is 0. The average molecular weight is 314 g/mol. The van der Waals surface area contributed by atoms with Gasteiger partial charge in [0.05, 0.1) is 6.61 Å². The first-order chi connectivity index (χ1) is 9.31. The maximum absolute atomic E-state index is 13.6. The maximum Gasteiger partial charge on any atom is 0.411 e. The quantitative estimate of drug-likeness (QED) is 0.777. The number of halogens is 5. The molecule has 7 heteroatoms. The summed E-state index contributed by atoms with van der Waals surface area (Å²) in [5.74, 6) is -0.437. The van der Waals surface area contributed by atoms with E-state index in [2.05, 4.69) is 10.1 Å². The molecule has 1 aromatic carbocycles. The predicted molar refractivity (Wildman–Crippen MR) is 69.5 cm³/mol. The molecule has 20 heavy (non-hydrogen) atoms. The summed E-state index contributed by atoms with van der Waals surface area (Å²) in [5, 5.41) is 3.34. The van der Waals surface area contributed by atoms with Crippen molar-refractivity contribution in [3.05, 3.63) is 34.6 Å². The molecular weight excluding hydrogens is 298 g/mol. The summed E-state index contributed by atoms with van der Waals surface area (Å²) in [6, 6.07) is 3.71. The topological polar surface area (TPSA) is 21.3 Å². The lowest BCUT2D eigenvalue weighted by molar-refractivity contribution is -0.175. The molecule has 1 atom stereocenters. The molecule has 0 saturated heterocycles. The summed E-state index contributed by atoms with van der Waals surface area (Å²) in [6.45, 7) is 0.888. The first kappa shape index (κ1) is 17.2. The number of likely N-dealkylation sites (N-methyl/N-ethyl adjacent to an activating group) is 1. The van der Waals surface area contributed by atoms with Gasteiger partial charge < -0.3 is 10.1 Å². The van der Waals surface area contributed by atoms with E-state index in [0.717, 1.165) is 0 Å². The van der Waals surface area contributed by atoms with Gasteiger partial charge in [-0.2, -0.15) is 13.2 Å². The molecule has 0 radical (unpaired) electrons. The van der Waals surface area contributed by atoms with Gasteiger partial charge >= 0.3 is 6.18 Å². The first-order valence-corrected chi connectivity index (χ1v) is 6.51. The van der Waals surface area contributed by atoms with Crippen LogP contribution in [0.25, 0.3) is 0 Å². The van der Waals surface area contributed by atoms with Crippen molar-refractivity contribution in [1.82, 2.24) is 5.32 Å². The molecule has 1 N–H and O–H groups in total. The third-order valence-corrected chi connectivity index (χ3v) is 2.79. The van der Waals surface area contributed by atoms with Crippen molar-refractivity contribution in [2.75, 3.05) is 19.8 Å². The molecule has 0 fully saturated rings. The third kappa shape index (κ3) is 6.54. The van der Waals surface area contributed by atoms with E-state index in [9.17, 15) is 17.6 Å². The summed E-state index contributed by atoms with van der Waals surface area (Å²) in [5.41, 5.74) is 0.346. The Balaban J connectivity index is 2.60. The highest BCUT2D eigenvalue weighted by Gasteiger charge is 2.28. The molecule has 0 aliphatic carbocycles. The van der Waals surface area contributed by atoms with Crippen LogP contribution in [0.1, 0.15) is 12.5 Å². The maximum atomic E-state index is 13.6. The Bertz CT molecular complexity index is 425. The molecule has 0 saturated carbocycles. The van der Waals surface area contributed by atoms with Crippen LogP contribution in [0.4, 0.5) is 17.6 Å². The van der Waals surface area contributed by atoms with Crippen LogP contribution < -0.4 is 5.32 Å². The van der Waals surface area contributed by atoms with E-state index in [4.69, 9.17) is 11.6 Å². The van der Waals surface area contributed by atoms with E-state index in [1.807, 2.05) is 6.92 Å². The zero-order chi connectivity index (χ0) is 15.2. The van der Waals surface area contributed by atoms with Crippen molar-refractivity contribution >= 4 is 11.6 Å². The first-order valence-electron chi connectivity index (χ1n) is 6.13. The van der Waals surface area contributed by atoms with Gasteiger partial charge in [0, 0.05) is 11.1 Å². The molecule has 2 nitrogen and oxygen atoms in total. The van der Waals surface area contributed by atoms with Gasteiger partial charge in [-0.1, -0.05) is 18.5 Å². The van der Waals surface area contributed by atoms with Gasteiger partial charge in [-0.25, -0.2) is 4.39 Å². The second kappa shape index (κ2) is 7.81. The van der Waals surface area contributed by atoms with Gasteiger partial charge in [0.25, 0.3) is 0 Å². The highest BCUT2D eigenvalue weighted by Crippen LogP contribution is 2.18. The van der Waals surface area contributed by atoms with E-state index in [-0.39, 0.29) is 13.0 Å². The van der Waals surface area contributed by atoms with Crippen LogP contribution in [0.3, 0.4) is 0 Å². The number of hydrogen-bond acceptors (Lipinski definition) is 2. The highest BCUT2D eigenvalue weighted by molar-refractivity contribution is 6.30. The van der Waals surface area contributed by atoms with Crippen LogP contribution in [-0.2, 0) is 11.2 Å². The molecule has 1 aromatic rings. The van der Waals surface area contributed by atoms with Crippen molar-refractivity contribution in [2.24, 2.45) is 0 Å². The van der Waals surface area contributed by atoms with Gasteiger partial charge in [0.15, 0.2) is 0 Å². The van der Waals surface area contributed by atoms with Gasteiger partial charge in [0.2, 0.25) is 0 Å². The number of nitrogens with one attached hydrogen (secondary N) is 1. The lowest BCUT2D eigenvalue weighted by Gasteiger charge is -2.19. The fourth-order valence-electron chi connectivity index (χ4n) is 1.76. The highest BCUT2D eigenvalue weighted by atomic mass is 35.5. The molecule has 0 aliphatic rings. The molecule has 0 aromatic heterocycles. The van der Waals surface area contributed by atoms with E-state index >= 15 is 0 Å². The summed E-state index contributed by atoms with van der Waals surface area (Å²) in [6.07, 6.45) is -4.16. The second-order valence-corrected chi connectivity index (χ2v) is 4.76. The molecule has 1 rings (SSSR count). The Hall–Kier alpha value is -0.850. The normalized spacial score (nSPS) is 13.5. The monoisotopic (exact) mass is 313 g/mol. The van der Waals surface area contributed by atoms with Crippen LogP contribution in [0.5, 0.6) is 0 Å². The minimum absolute atomic E-state index is 0.153. The Kier molecular flexibility index (Phi) is 6.71. The number of rotatable bonds is 7. The standard InChI is InChI=1S/C13H16ClF4NO/c1-2-19-11(7-20-8-13(16,17)18)6-9-5-10(14)3-4-12(9)15/h3-5,11,19H,2,6-8H2,1H3. The molecule has 114 valence electrons. The Morgan fingerprint density at radius 1 is 1.35 bits per heavy atom. The molecule has 0 aliphatic heterocycles. The lowest BCUT2D eigenvalue weighted by Crippen LogP contribution is -2.36. The summed E-state index contributed by atoms with van der Waals surface area (Å²) in [4.78, 5) is 0. The minimum atomic E-state index is -4.36. The molecular formula is C13H16ClF4NO. The van der Waals surface area contributed by atoms with Gasteiger partial charge in [-0.05, 0) is 36.7 Å². The van der Waals surface area contributed by atoms with E-state index < -0.39 is 24.6 Å². The molecule has 0 heterocycles. The molecule has 1 unspecified atom stereocenters. The molecule has 0 spiro atoms. The van der Waals surface area contributed by atoms with E-state index in [1.54, 1.807) is 0 Å². The van der Waals surface area contributed by atoms with Crippen LogP contribution in [0, 0.1) is 5.82 Å². The Morgan fingerprint density at radius 3 is 2.65 bits per heavy atom. The zero-order valence-electron chi connectivity index (χ0n) is 10.9. The summed E-state index contributed by atoms with van der Waals surface area (Å²) < 4.78 is 54.2. The van der Waals surface area contributed by atoms with E-state index in [0.29, 0.717) is 17.1 Å². The fourth-order valence-corrected chi connectivity index (χ4v) is 1.96. The largest absolute Gasteiger partial charge is 0.411 e. The lowest BCUT2D eigenvalue weighted by atomic mass is 10.1. The van der Waals surface area contributed by atoms with Crippen LogP contribution in [0.2, 0.25) is 5.02 Å².